The van der Waals surface area contributed by atoms with Gasteiger partial charge in [0.15, 0.2) is 0 Å². The fourth-order valence-corrected chi connectivity index (χ4v) is 2.65. The number of fused-ring (bicyclic) bond motifs is 1. The maximum absolute atomic E-state index is 12.5. The summed E-state index contributed by atoms with van der Waals surface area (Å²) in [6, 6.07) is 9.37. The molecule has 0 spiro atoms. The second kappa shape index (κ2) is 6.60. The largest absolute Gasteiger partial charge is 0.471 e. The quantitative estimate of drug-likeness (QED) is 0.868. The average molecular weight is 303 g/mol. The van der Waals surface area contributed by atoms with Crippen LogP contribution >= 0.6 is 0 Å². The zero-order valence-electron chi connectivity index (χ0n) is 12.2. The molecule has 1 amide bonds. The van der Waals surface area contributed by atoms with Gasteiger partial charge < -0.3 is 14.2 Å². The minimum atomic E-state index is -0.637. The number of halogens is 1. The van der Waals surface area contributed by atoms with E-state index in [0.29, 0.717) is 25.5 Å². The summed E-state index contributed by atoms with van der Waals surface area (Å²) in [6.07, 6.45) is 3.33. The van der Waals surface area contributed by atoms with Crippen LogP contribution < -0.4 is 4.74 Å². The van der Waals surface area contributed by atoms with E-state index in [1.165, 1.54) is 0 Å². The maximum Gasteiger partial charge on any atom is 0.225 e. The van der Waals surface area contributed by atoms with Gasteiger partial charge in [0, 0.05) is 24.2 Å². The number of amides is 1. The highest BCUT2D eigenvalue weighted by molar-refractivity contribution is 5.76. The lowest BCUT2D eigenvalue weighted by Crippen LogP contribution is -2.38. The molecule has 0 radical (unpaired) electrons. The van der Waals surface area contributed by atoms with Gasteiger partial charge in [-0.05, 0) is 18.2 Å². The molecule has 2 aromatic heterocycles. The van der Waals surface area contributed by atoms with E-state index in [4.69, 9.17) is 4.74 Å². The molecule has 0 aliphatic carbocycles. The van der Waals surface area contributed by atoms with Crippen molar-refractivity contribution in [1.29, 1.82) is 0 Å². The third kappa shape index (κ3) is 3.27. The van der Waals surface area contributed by atoms with Gasteiger partial charge in [0.25, 0.3) is 0 Å². The van der Waals surface area contributed by atoms with E-state index in [-0.39, 0.29) is 18.4 Å². The Kier molecular flexibility index (Phi) is 4.37. The number of rotatable bonds is 4. The summed E-state index contributed by atoms with van der Waals surface area (Å²) in [5.41, 5.74) is 1.03. The van der Waals surface area contributed by atoms with E-state index in [1.54, 1.807) is 17.2 Å². The Morgan fingerprint density at radius 3 is 3.00 bits per heavy atom. The van der Waals surface area contributed by atoms with Crippen molar-refractivity contribution in [3.63, 3.8) is 0 Å². The molecule has 1 aliphatic rings. The van der Waals surface area contributed by atoms with Gasteiger partial charge in [-0.3, -0.25) is 9.18 Å². The second-order valence-corrected chi connectivity index (χ2v) is 5.27. The van der Waals surface area contributed by atoms with Crippen LogP contribution in [-0.4, -0.2) is 39.7 Å². The van der Waals surface area contributed by atoms with Crippen LogP contribution in [0.5, 0.6) is 5.88 Å². The summed E-state index contributed by atoms with van der Waals surface area (Å²) >= 11 is 0. The van der Waals surface area contributed by atoms with Crippen molar-refractivity contribution in [2.75, 3.05) is 13.2 Å². The fraction of sp³-hybridized carbons (Fsp3) is 0.375. The van der Waals surface area contributed by atoms with Gasteiger partial charge in [-0.2, -0.15) is 0 Å². The standard InChI is InChI=1S/C16H18FN3O2/c17-7-6-16(21)20-10-13-4-3-9-19(13)11-14(12-20)22-15-5-1-2-8-18-15/h1-5,8-9,14H,6-7,10-12H2/t14-/m1/s1. The number of aromatic nitrogens is 2. The number of pyridine rings is 1. The smallest absolute Gasteiger partial charge is 0.225 e. The van der Waals surface area contributed by atoms with Gasteiger partial charge in [0.05, 0.1) is 32.7 Å². The first-order chi connectivity index (χ1) is 10.8. The molecule has 0 unspecified atom stereocenters. The zero-order valence-corrected chi connectivity index (χ0v) is 12.2. The molecule has 1 atom stereocenters. The Balaban J connectivity index is 1.79. The molecule has 0 saturated heterocycles. The molecule has 0 fully saturated rings. The lowest BCUT2D eigenvalue weighted by atomic mass is 10.3. The molecular weight excluding hydrogens is 285 g/mol. The van der Waals surface area contributed by atoms with Crippen LogP contribution in [0.25, 0.3) is 0 Å². The third-order valence-electron chi connectivity index (χ3n) is 3.69. The molecule has 0 aromatic carbocycles. The van der Waals surface area contributed by atoms with E-state index in [0.717, 1.165) is 5.69 Å². The Hall–Kier alpha value is -2.37. The molecule has 5 nitrogen and oxygen atoms in total. The number of carbonyl (C=O) groups excluding carboxylic acids is 1. The van der Waals surface area contributed by atoms with E-state index in [2.05, 4.69) is 9.55 Å². The molecule has 2 aromatic rings. The van der Waals surface area contributed by atoms with Crippen LogP contribution in [-0.2, 0) is 17.9 Å². The fourth-order valence-electron chi connectivity index (χ4n) is 2.65. The maximum atomic E-state index is 12.5. The summed E-state index contributed by atoms with van der Waals surface area (Å²) in [5, 5.41) is 0. The van der Waals surface area contributed by atoms with Crippen LogP contribution in [0.3, 0.4) is 0 Å². The van der Waals surface area contributed by atoms with Crippen LogP contribution in [0.2, 0.25) is 0 Å². The monoisotopic (exact) mass is 303 g/mol. The van der Waals surface area contributed by atoms with Gasteiger partial charge >= 0.3 is 0 Å². The van der Waals surface area contributed by atoms with Crippen molar-refractivity contribution in [3.05, 3.63) is 48.4 Å². The lowest BCUT2D eigenvalue weighted by molar-refractivity contribution is -0.133. The number of ether oxygens (including phenoxy) is 1. The Labute approximate surface area is 128 Å². The van der Waals surface area contributed by atoms with Crippen molar-refractivity contribution < 1.29 is 13.9 Å². The van der Waals surface area contributed by atoms with Gasteiger partial charge in [-0.1, -0.05) is 6.07 Å². The normalized spacial score (nSPS) is 17.7. The Bertz CT molecular complexity index is 629. The Morgan fingerprint density at radius 1 is 1.32 bits per heavy atom. The third-order valence-corrected chi connectivity index (χ3v) is 3.69. The molecular formula is C16H18FN3O2. The summed E-state index contributed by atoms with van der Waals surface area (Å²) in [4.78, 5) is 17.9. The first-order valence-electron chi connectivity index (χ1n) is 7.31. The first kappa shape index (κ1) is 14.6. The average Bonchev–Trinajstić information content (AvgIpc) is 2.87. The molecule has 116 valence electrons. The number of nitrogens with zero attached hydrogens (tertiary/aromatic N) is 3. The predicted octanol–water partition coefficient (Wildman–Crippen LogP) is 2.03. The van der Waals surface area contributed by atoms with Crippen LogP contribution in [0.15, 0.2) is 42.7 Å². The van der Waals surface area contributed by atoms with Crippen molar-refractivity contribution in [2.24, 2.45) is 0 Å². The van der Waals surface area contributed by atoms with Crippen molar-refractivity contribution in [1.82, 2.24) is 14.5 Å². The first-order valence-corrected chi connectivity index (χ1v) is 7.31. The summed E-state index contributed by atoms with van der Waals surface area (Å²) in [7, 11) is 0. The van der Waals surface area contributed by atoms with E-state index in [1.807, 2.05) is 30.5 Å². The molecule has 0 bridgehead atoms. The van der Waals surface area contributed by atoms with Crippen LogP contribution in [0.4, 0.5) is 4.39 Å². The molecule has 6 heteroatoms. The minimum absolute atomic E-state index is 0.0863. The number of hydrogen-bond acceptors (Lipinski definition) is 3. The Morgan fingerprint density at radius 2 is 2.23 bits per heavy atom. The topological polar surface area (TPSA) is 47.4 Å². The minimum Gasteiger partial charge on any atom is -0.471 e. The molecule has 3 heterocycles. The highest BCUT2D eigenvalue weighted by atomic mass is 19.1. The second-order valence-electron chi connectivity index (χ2n) is 5.27. The van der Waals surface area contributed by atoms with E-state index in [9.17, 15) is 9.18 Å². The van der Waals surface area contributed by atoms with Crippen LogP contribution in [0.1, 0.15) is 12.1 Å². The van der Waals surface area contributed by atoms with Crippen molar-refractivity contribution in [2.45, 2.75) is 25.6 Å². The van der Waals surface area contributed by atoms with Crippen LogP contribution in [0, 0.1) is 0 Å². The van der Waals surface area contributed by atoms with E-state index >= 15 is 0 Å². The van der Waals surface area contributed by atoms with Crippen molar-refractivity contribution >= 4 is 5.91 Å². The summed E-state index contributed by atoms with van der Waals surface area (Å²) in [5.74, 6) is 0.341. The molecule has 0 N–H and O–H groups in total. The highest BCUT2D eigenvalue weighted by Gasteiger charge is 2.26. The van der Waals surface area contributed by atoms with E-state index < -0.39 is 6.67 Å². The predicted molar refractivity (Wildman–Crippen MR) is 79.1 cm³/mol. The van der Waals surface area contributed by atoms with Gasteiger partial charge in [0.1, 0.15) is 6.10 Å². The molecule has 0 saturated carbocycles. The van der Waals surface area contributed by atoms with Gasteiger partial charge in [-0.25, -0.2) is 4.98 Å². The highest BCUT2D eigenvalue weighted by Crippen LogP contribution is 2.18. The van der Waals surface area contributed by atoms with Crippen molar-refractivity contribution in [3.8, 4) is 5.88 Å². The molecule has 1 aliphatic heterocycles. The zero-order chi connectivity index (χ0) is 15.4. The summed E-state index contributed by atoms with van der Waals surface area (Å²) in [6.45, 7) is 0.908. The SMILES string of the molecule is O=C(CCF)N1Cc2cccn2C[C@@H](Oc2ccccn2)C1. The number of alkyl halides is 1. The molecule has 3 rings (SSSR count). The van der Waals surface area contributed by atoms with Gasteiger partial charge in [0.2, 0.25) is 11.8 Å². The molecule has 22 heavy (non-hydrogen) atoms. The number of carbonyl (C=O) groups is 1. The number of hydrogen-bond donors (Lipinski definition) is 0. The summed E-state index contributed by atoms with van der Waals surface area (Å²) < 4.78 is 20.5. The van der Waals surface area contributed by atoms with Gasteiger partial charge in [-0.15, -0.1) is 0 Å². The lowest BCUT2D eigenvalue weighted by Gasteiger charge is -2.24.